The van der Waals surface area contributed by atoms with Crippen LogP contribution < -0.4 is 4.74 Å². The fraction of sp³-hybridized carbons (Fsp3) is 0.500. The number of hydrogen-bond donors (Lipinski definition) is 0. The van der Waals surface area contributed by atoms with Gasteiger partial charge < -0.3 is 4.74 Å². The first kappa shape index (κ1) is 13.1. The molecular formula is C14H17NO2S. The van der Waals surface area contributed by atoms with Crippen molar-refractivity contribution >= 4 is 10.8 Å². The van der Waals surface area contributed by atoms with Crippen molar-refractivity contribution in [3.05, 3.63) is 29.3 Å². The molecule has 2 rings (SSSR count). The summed E-state index contributed by atoms with van der Waals surface area (Å²) in [5.41, 5.74) is 1.47. The summed E-state index contributed by atoms with van der Waals surface area (Å²) in [7, 11) is 0.743. The molecule has 0 spiro atoms. The highest BCUT2D eigenvalue weighted by Crippen LogP contribution is 2.27. The molecule has 1 unspecified atom stereocenters. The molecule has 1 aromatic carbocycles. The lowest BCUT2D eigenvalue weighted by Gasteiger charge is -2.12. The van der Waals surface area contributed by atoms with E-state index in [9.17, 15) is 4.21 Å². The van der Waals surface area contributed by atoms with Crippen LogP contribution in [0.3, 0.4) is 0 Å². The Balaban J connectivity index is 2.16. The van der Waals surface area contributed by atoms with Crippen molar-refractivity contribution in [2.24, 2.45) is 0 Å². The zero-order chi connectivity index (χ0) is 13.0. The second kappa shape index (κ2) is 6.01. The molecule has 0 bridgehead atoms. The van der Waals surface area contributed by atoms with E-state index in [4.69, 9.17) is 10.00 Å². The number of nitriles is 1. The van der Waals surface area contributed by atoms with Gasteiger partial charge in [0.2, 0.25) is 0 Å². The first-order valence-electron chi connectivity index (χ1n) is 6.19. The zero-order valence-corrected chi connectivity index (χ0v) is 11.3. The predicted octanol–water partition coefficient (Wildman–Crippen LogP) is 2.76. The van der Waals surface area contributed by atoms with Gasteiger partial charge in [0, 0.05) is 21.6 Å². The summed E-state index contributed by atoms with van der Waals surface area (Å²) in [5.74, 6) is 1.21. The molecule has 4 heteroatoms. The molecule has 1 aliphatic carbocycles. The number of hydrogen-bond acceptors (Lipinski definition) is 3. The van der Waals surface area contributed by atoms with E-state index in [2.05, 4.69) is 6.07 Å². The third-order valence-corrected chi connectivity index (χ3v) is 5.19. The van der Waals surface area contributed by atoms with Gasteiger partial charge in [-0.2, -0.15) is 5.26 Å². The Bertz CT molecular complexity index is 487. The highest BCUT2D eigenvalue weighted by molar-refractivity contribution is 7.84. The number of ether oxygens (including phenoxy) is 1. The molecular weight excluding hydrogens is 246 g/mol. The molecule has 1 aliphatic rings. The van der Waals surface area contributed by atoms with E-state index in [0.29, 0.717) is 16.6 Å². The summed E-state index contributed by atoms with van der Waals surface area (Å²) in [5, 5.41) is 9.22. The quantitative estimate of drug-likeness (QED) is 0.839. The fourth-order valence-corrected chi connectivity index (χ4v) is 4.01. The lowest BCUT2D eigenvalue weighted by atomic mass is 10.1. The maximum Gasteiger partial charge on any atom is 0.123 e. The van der Waals surface area contributed by atoms with Gasteiger partial charge >= 0.3 is 0 Å². The Morgan fingerprint density at radius 2 is 2.17 bits per heavy atom. The average molecular weight is 263 g/mol. The summed E-state index contributed by atoms with van der Waals surface area (Å²) in [4.78, 5) is 0. The lowest BCUT2D eigenvalue weighted by molar-refractivity contribution is 0.411. The van der Waals surface area contributed by atoms with E-state index < -0.39 is 10.8 Å². The van der Waals surface area contributed by atoms with Crippen molar-refractivity contribution in [2.75, 3.05) is 7.11 Å². The van der Waals surface area contributed by atoms with Crippen LogP contribution in [0.4, 0.5) is 0 Å². The van der Waals surface area contributed by atoms with Crippen LogP contribution in [0.1, 0.15) is 36.8 Å². The van der Waals surface area contributed by atoms with Gasteiger partial charge in [-0.3, -0.25) is 4.21 Å². The predicted molar refractivity (Wildman–Crippen MR) is 71.8 cm³/mol. The Morgan fingerprint density at radius 1 is 1.44 bits per heavy atom. The minimum absolute atomic E-state index is 0.320. The Kier molecular flexibility index (Phi) is 4.38. The smallest absolute Gasteiger partial charge is 0.123 e. The van der Waals surface area contributed by atoms with Gasteiger partial charge in [-0.25, -0.2) is 0 Å². The number of benzene rings is 1. The van der Waals surface area contributed by atoms with Crippen molar-refractivity contribution in [1.29, 1.82) is 5.26 Å². The molecule has 1 saturated carbocycles. The van der Waals surface area contributed by atoms with Crippen LogP contribution in [0, 0.1) is 11.3 Å². The summed E-state index contributed by atoms with van der Waals surface area (Å²) < 4.78 is 17.5. The van der Waals surface area contributed by atoms with Crippen LogP contribution >= 0.6 is 0 Å². The first-order chi connectivity index (χ1) is 8.74. The largest absolute Gasteiger partial charge is 0.496 e. The van der Waals surface area contributed by atoms with Gasteiger partial charge in [0.05, 0.1) is 24.5 Å². The van der Waals surface area contributed by atoms with Gasteiger partial charge in [-0.05, 0) is 31.0 Å². The van der Waals surface area contributed by atoms with Crippen LogP contribution in [0.25, 0.3) is 0 Å². The zero-order valence-electron chi connectivity index (χ0n) is 10.5. The highest BCUT2D eigenvalue weighted by Gasteiger charge is 2.22. The molecule has 0 N–H and O–H groups in total. The van der Waals surface area contributed by atoms with Crippen LogP contribution in [-0.4, -0.2) is 16.6 Å². The lowest BCUT2D eigenvalue weighted by Crippen LogP contribution is -2.12. The highest BCUT2D eigenvalue weighted by atomic mass is 32.2. The summed E-state index contributed by atoms with van der Waals surface area (Å²) in [6.45, 7) is 0. The topological polar surface area (TPSA) is 50.1 Å². The molecule has 0 aliphatic heterocycles. The normalized spacial score (nSPS) is 17.3. The maximum atomic E-state index is 12.3. The molecule has 0 heterocycles. The average Bonchev–Trinajstić information content (AvgIpc) is 2.92. The number of nitrogens with zero attached hydrogens (tertiary/aromatic N) is 1. The molecule has 1 aromatic rings. The van der Waals surface area contributed by atoms with Gasteiger partial charge in [0.15, 0.2) is 0 Å². The molecule has 1 atom stereocenters. The van der Waals surface area contributed by atoms with Crippen molar-refractivity contribution in [3.63, 3.8) is 0 Å². The van der Waals surface area contributed by atoms with Crippen molar-refractivity contribution < 1.29 is 8.95 Å². The first-order valence-corrected chi connectivity index (χ1v) is 7.57. The summed E-state index contributed by atoms with van der Waals surface area (Å²) >= 11 is 0. The minimum atomic E-state index is -0.858. The third kappa shape index (κ3) is 2.91. The van der Waals surface area contributed by atoms with E-state index in [1.54, 1.807) is 25.3 Å². The fourth-order valence-electron chi connectivity index (χ4n) is 2.38. The van der Waals surface area contributed by atoms with Crippen molar-refractivity contribution in [3.8, 4) is 11.8 Å². The number of methoxy groups -OCH3 is 1. The van der Waals surface area contributed by atoms with Crippen molar-refractivity contribution in [2.45, 2.75) is 36.7 Å². The summed E-state index contributed by atoms with van der Waals surface area (Å²) in [6, 6.07) is 7.39. The van der Waals surface area contributed by atoms with Crippen LogP contribution in [-0.2, 0) is 16.6 Å². The molecule has 96 valence electrons. The van der Waals surface area contributed by atoms with E-state index in [0.717, 1.165) is 24.2 Å². The monoisotopic (exact) mass is 263 g/mol. The Hall–Kier alpha value is -1.34. The Labute approximate surface area is 110 Å². The molecule has 0 radical (unpaired) electrons. The SMILES string of the molecule is COc1ccc(C#N)cc1CS(=O)C1CCCC1. The molecule has 18 heavy (non-hydrogen) atoms. The van der Waals surface area contributed by atoms with E-state index in [1.807, 2.05) is 0 Å². The van der Waals surface area contributed by atoms with Crippen LogP contribution in [0.5, 0.6) is 5.75 Å². The van der Waals surface area contributed by atoms with E-state index in [1.165, 1.54) is 12.8 Å². The maximum absolute atomic E-state index is 12.3. The molecule has 3 nitrogen and oxygen atoms in total. The number of rotatable bonds is 4. The molecule has 0 aromatic heterocycles. The van der Waals surface area contributed by atoms with E-state index in [-0.39, 0.29) is 0 Å². The van der Waals surface area contributed by atoms with Gasteiger partial charge in [-0.15, -0.1) is 0 Å². The van der Waals surface area contributed by atoms with E-state index >= 15 is 0 Å². The van der Waals surface area contributed by atoms with Crippen LogP contribution in [0.15, 0.2) is 18.2 Å². The minimum Gasteiger partial charge on any atom is -0.496 e. The van der Waals surface area contributed by atoms with Gasteiger partial charge in [0.1, 0.15) is 5.75 Å². The third-order valence-electron chi connectivity index (χ3n) is 3.38. The van der Waals surface area contributed by atoms with Gasteiger partial charge in [-0.1, -0.05) is 12.8 Å². The Morgan fingerprint density at radius 3 is 2.78 bits per heavy atom. The second-order valence-corrected chi connectivity index (χ2v) is 6.29. The molecule has 0 amide bonds. The van der Waals surface area contributed by atoms with Gasteiger partial charge in [0.25, 0.3) is 0 Å². The second-order valence-electron chi connectivity index (χ2n) is 4.57. The standard InChI is InChI=1S/C14H17NO2S/c1-17-14-7-6-11(9-15)8-12(14)10-18(16)13-4-2-3-5-13/h6-8,13H,2-5,10H2,1H3. The van der Waals surface area contributed by atoms with Crippen molar-refractivity contribution in [1.82, 2.24) is 0 Å². The van der Waals surface area contributed by atoms with Crippen LogP contribution in [0.2, 0.25) is 0 Å². The molecule has 0 saturated heterocycles. The summed E-state index contributed by atoms with van der Waals surface area (Å²) in [6.07, 6.45) is 4.50. The molecule has 1 fully saturated rings.